The van der Waals surface area contributed by atoms with Crippen LogP contribution < -0.4 is 11.3 Å². The van der Waals surface area contributed by atoms with Crippen LogP contribution in [0.4, 0.5) is 0 Å². The number of hydrogen-bond acceptors (Lipinski definition) is 3. The standard InChI is InChI=1S/C5H13N3/c1-8-3-2-5(4-8)7-6/h5,7H,2-4,6H2,1H3/t5-/m0/s1. The van der Waals surface area contributed by atoms with Gasteiger partial charge in [0.15, 0.2) is 0 Å². The van der Waals surface area contributed by atoms with Gasteiger partial charge in [-0.2, -0.15) is 0 Å². The van der Waals surface area contributed by atoms with E-state index in [-0.39, 0.29) is 0 Å². The summed E-state index contributed by atoms with van der Waals surface area (Å²) in [6.45, 7) is 2.27. The molecule has 1 fully saturated rings. The van der Waals surface area contributed by atoms with Gasteiger partial charge in [0.05, 0.1) is 0 Å². The topological polar surface area (TPSA) is 41.3 Å². The maximum absolute atomic E-state index is 5.22. The van der Waals surface area contributed by atoms with Crippen LogP contribution in [-0.2, 0) is 0 Å². The quantitative estimate of drug-likeness (QED) is 0.345. The fraction of sp³-hybridized carbons (Fsp3) is 1.00. The third kappa shape index (κ3) is 1.18. The lowest BCUT2D eigenvalue weighted by Crippen LogP contribution is -2.36. The van der Waals surface area contributed by atoms with Crippen molar-refractivity contribution in [1.29, 1.82) is 0 Å². The van der Waals surface area contributed by atoms with Crippen LogP contribution in [0.25, 0.3) is 0 Å². The Bertz CT molecular complexity index is 74.1. The van der Waals surface area contributed by atoms with Gasteiger partial charge in [0.2, 0.25) is 0 Å². The molecule has 8 heavy (non-hydrogen) atoms. The van der Waals surface area contributed by atoms with Gasteiger partial charge in [-0.15, -0.1) is 0 Å². The van der Waals surface area contributed by atoms with Crippen molar-refractivity contribution < 1.29 is 0 Å². The minimum Gasteiger partial charge on any atom is -0.305 e. The molecule has 3 N–H and O–H groups in total. The summed E-state index contributed by atoms with van der Waals surface area (Å²) in [4.78, 5) is 2.27. The average molecular weight is 115 g/mol. The van der Waals surface area contributed by atoms with Crippen LogP contribution in [-0.4, -0.2) is 31.1 Å². The normalized spacial score (nSPS) is 31.5. The molecule has 0 saturated carbocycles. The van der Waals surface area contributed by atoms with Crippen LogP contribution in [0.15, 0.2) is 0 Å². The van der Waals surface area contributed by atoms with E-state index in [1.807, 2.05) is 0 Å². The number of nitrogens with zero attached hydrogens (tertiary/aromatic N) is 1. The Morgan fingerprint density at radius 1 is 1.75 bits per heavy atom. The molecule has 0 aromatic carbocycles. The number of hydrazine groups is 1. The van der Waals surface area contributed by atoms with E-state index in [9.17, 15) is 0 Å². The van der Waals surface area contributed by atoms with Gasteiger partial charge in [-0.25, -0.2) is 0 Å². The van der Waals surface area contributed by atoms with Crippen molar-refractivity contribution in [2.75, 3.05) is 20.1 Å². The minimum atomic E-state index is 0.528. The van der Waals surface area contributed by atoms with E-state index in [4.69, 9.17) is 5.84 Å². The molecule has 0 bridgehead atoms. The first-order valence-electron chi connectivity index (χ1n) is 2.97. The number of nitrogens with two attached hydrogens (primary N) is 1. The summed E-state index contributed by atoms with van der Waals surface area (Å²) in [7, 11) is 2.11. The predicted molar refractivity (Wildman–Crippen MR) is 33.2 cm³/mol. The molecule has 0 aromatic heterocycles. The molecule has 1 rings (SSSR count). The van der Waals surface area contributed by atoms with Crippen LogP contribution in [0.5, 0.6) is 0 Å². The van der Waals surface area contributed by atoms with Gasteiger partial charge in [-0.1, -0.05) is 0 Å². The highest BCUT2D eigenvalue weighted by Crippen LogP contribution is 2.03. The molecule has 0 aromatic rings. The van der Waals surface area contributed by atoms with Crippen LogP contribution >= 0.6 is 0 Å². The monoisotopic (exact) mass is 115 g/mol. The third-order valence-corrected chi connectivity index (χ3v) is 1.63. The second kappa shape index (κ2) is 2.44. The lowest BCUT2D eigenvalue weighted by Gasteiger charge is -2.07. The van der Waals surface area contributed by atoms with E-state index >= 15 is 0 Å². The lowest BCUT2D eigenvalue weighted by atomic mass is 10.3. The van der Waals surface area contributed by atoms with Gasteiger partial charge >= 0.3 is 0 Å². The number of likely N-dealkylation sites (N-methyl/N-ethyl adjacent to an activating group) is 1. The van der Waals surface area contributed by atoms with E-state index in [2.05, 4.69) is 17.4 Å². The van der Waals surface area contributed by atoms with Crippen LogP contribution in [0.2, 0.25) is 0 Å². The summed E-state index contributed by atoms with van der Waals surface area (Å²) in [5, 5.41) is 0. The molecule has 1 saturated heterocycles. The number of likely N-dealkylation sites (tertiary alicyclic amines) is 1. The van der Waals surface area contributed by atoms with Crippen LogP contribution in [0, 0.1) is 0 Å². The smallest absolute Gasteiger partial charge is 0.0349 e. The Kier molecular flexibility index (Phi) is 1.83. The highest BCUT2D eigenvalue weighted by atomic mass is 15.3. The number of hydrogen-bond donors (Lipinski definition) is 2. The maximum atomic E-state index is 5.22. The first-order chi connectivity index (χ1) is 3.83. The van der Waals surface area contributed by atoms with Gasteiger partial charge in [0.25, 0.3) is 0 Å². The second-order valence-corrected chi connectivity index (χ2v) is 2.41. The van der Waals surface area contributed by atoms with E-state index in [0.717, 1.165) is 6.54 Å². The van der Waals surface area contributed by atoms with Gasteiger partial charge in [0.1, 0.15) is 0 Å². The van der Waals surface area contributed by atoms with Crippen LogP contribution in [0.3, 0.4) is 0 Å². The maximum Gasteiger partial charge on any atom is 0.0349 e. The van der Waals surface area contributed by atoms with Crippen molar-refractivity contribution in [3.05, 3.63) is 0 Å². The molecule has 0 spiro atoms. The lowest BCUT2D eigenvalue weighted by molar-refractivity contribution is 0.400. The Labute approximate surface area is 49.8 Å². The minimum absolute atomic E-state index is 0.528. The molecule has 1 atom stereocenters. The first-order valence-corrected chi connectivity index (χ1v) is 2.97. The molecule has 48 valence electrons. The zero-order valence-corrected chi connectivity index (χ0v) is 5.22. The summed E-state index contributed by atoms with van der Waals surface area (Å²) >= 11 is 0. The molecule has 3 heteroatoms. The fourth-order valence-corrected chi connectivity index (χ4v) is 1.07. The van der Waals surface area contributed by atoms with Gasteiger partial charge in [0, 0.05) is 12.6 Å². The van der Waals surface area contributed by atoms with E-state index in [1.165, 1.54) is 13.0 Å². The van der Waals surface area contributed by atoms with E-state index in [1.54, 1.807) is 0 Å². The Morgan fingerprint density at radius 3 is 2.75 bits per heavy atom. The van der Waals surface area contributed by atoms with Crippen molar-refractivity contribution in [2.24, 2.45) is 5.84 Å². The number of rotatable bonds is 1. The molecule has 0 aliphatic carbocycles. The van der Waals surface area contributed by atoms with E-state index in [0.29, 0.717) is 6.04 Å². The van der Waals surface area contributed by atoms with Gasteiger partial charge < -0.3 is 4.90 Å². The highest BCUT2D eigenvalue weighted by molar-refractivity contribution is 4.75. The van der Waals surface area contributed by atoms with E-state index < -0.39 is 0 Å². The molecular formula is C5H13N3. The molecule has 3 nitrogen and oxygen atoms in total. The SMILES string of the molecule is CN1CC[C@H](NN)C1. The molecule has 1 aliphatic rings. The zero-order valence-electron chi connectivity index (χ0n) is 5.22. The summed E-state index contributed by atoms with van der Waals surface area (Å²) < 4.78 is 0. The second-order valence-electron chi connectivity index (χ2n) is 2.41. The van der Waals surface area contributed by atoms with Crippen molar-refractivity contribution in [1.82, 2.24) is 10.3 Å². The molecule has 1 aliphatic heterocycles. The first kappa shape index (κ1) is 6.01. The summed E-state index contributed by atoms with van der Waals surface area (Å²) in [6.07, 6.45) is 1.19. The summed E-state index contributed by atoms with van der Waals surface area (Å²) in [6, 6.07) is 0.528. The van der Waals surface area contributed by atoms with Crippen molar-refractivity contribution >= 4 is 0 Å². The van der Waals surface area contributed by atoms with Gasteiger partial charge in [-0.05, 0) is 20.0 Å². The Balaban J connectivity index is 2.22. The third-order valence-electron chi connectivity index (χ3n) is 1.63. The van der Waals surface area contributed by atoms with Crippen molar-refractivity contribution in [3.63, 3.8) is 0 Å². The van der Waals surface area contributed by atoms with Crippen molar-refractivity contribution in [2.45, 2.75) is 12.5 Å². The van der Waals surface area contributed by atoms with Crippen molar-refractivity contribution in [3.8, 4) is 0 Å². The van der Waals surface area contributed by atoms with Crippen LogP contribution in [0.1, 0.15) is 6.42 Å². The molecule has 0 unspecified atom stereocenters. The molecule has 0 amide bonds. The Morgan fingerprint density at radius 2 is 2.50 bits per heavy atom. The molecule has 1 heterocycles. The summed E-state index contributed by atoms with van der Waals surface area (Å²) in [5.74, 6) is 5.22. The largest absolute Gasteiger partial charge is 0.305 e. The highest BCUT2D eigenvalue weighted by Gasteiger charge is 2.16. The fourth-order valence-electron chi connectivity index (χ4n) is 1.07. The molecular weight excluding hydrogens is 102 g/mol. The number of nitrogens with one attached hydrogen (secondary N) is 1. The van der Waals surface area contributed by atoms with Gasteiger partial charge in [-0.3, -0.25) is 11.3 Å². The summed E-state index contributed by atoms with van der Waals surface area (Å²) in [5.41, 5.74) is 2.75. The zero-order chi connectivity index (χ0) is 5.98. The predicted octanol–water partition coefficient (Wildman–Crippen LogP) is -0.846. The molecule has 0 radical (unpaired) electrons. The average Bonchev–Trinajstić information content (AvgIpc) is 2.14. The Hall–Kier alpha value is -0.120.